The van der Waals surface area contributed by atoms with Gasteiger partial charge >= 0.3 is 5.97 Å². The fraction of sp³-hybridized carbons (Fsp3) is 0.696. The van der Waals surface area contributed by atoms with Crippen molar-refractivity contribution in [2.75, 3.05) is 57.4 Å². The van der Waals surface area contributed by atoms with Crippen molar-refractivity contribution in [3.63, 3.8) is 0 Å². The normalized spacial score (nSPS) is 22.9. The summed E-state index contributed by atoms with van der Waals surface area (Å²) in [5.41, 5.74) is 1.75. The van der Waals surface area contributed by atoms with Crippen LogP contribution in [0.2, 0.25) is 0 Å². The van der Waals surface area contributed by atoms with E-state index >= 15 is 0 Å². The minimum Gasteiger partial charge on any atom is -0.462 e. The maximum Gasteiger partial charge on any atom is 0.338 e. The monoisotopic (exact) mass is 402 g/mol. The molecule has 0 atom stereocenters. The molecule has 0 aromatic heterocycles. The fourth-order valence-electron chi connectivity index (χ4n) is 4.83. The van der Waals surface area contributed by atoms with Crippen LogP contribution in [0, 0.1) is 5.92 Å². The first-order chi connectivity index (χ1) is 14.2. The SMILES string of the molecule is CCOC(=O)c1cccc(N2CCN(CCC3CCC4(CC3)OCCO4)CC2)c1. The number of nitrogens with zero attached hydrogens (tertiary/aromatic N) is 2. The largest absolute Gasteiger partial charge is 0.462 e. The number of hydrogen-bond acceptors (Lipinski definition) is 6. The summed E-state index contributed by atoms with van der Waals surface area (Å²) in [5, 5.41) is 0. The maximum absolute atomic E-state index is 12.0. The molecule has 0 radical (unpaired) electrons. The van der Waals surface area contributed by atoms with Gasteiger partial charge in [-0.3, -0.25) is 4.90 Å². The highest BCUT2D eigenvalue weighted by molar-refractivity contribution is 5.90. The van der Waals surface area contributed by atoms with Crippen LogP contribution in [0.3, 0.4) is 0 Å². The van der Waals surface area contributed by atoms with Crippen LogP contribution in [0.5, 0.6) is 0 Å². The molecule has 6 nitrogen and oxygen atoms in total. The Labute approximate surface area is 174 Å². The zero-order chi connectivity index (χ0) is 20.1. The van der Waals surface area contributed by atoms with E-state index in [1.807, 2.05) is 25.1 Å². The van der Waals surface area contributed by atoms with E-state index in [-0.39, 0.29) is 11.8 Å². The number of carbonyl (C=O) groups is 1. The summed E-state index contributed by atoms with van der Waals surface area (Å²) in [6, 6.07) is 7.82. The van der Waals surface area contributed by atoms with Gasteiger partial charge in [-0.15, -0.1) is 0 Å². The molecule has 1 saturated carbocycles. The summed E-state index contributed by atoms with van der Waals surface area (Å²) < 4.78 is 16.8. The third kappa shape index (κ3) is 5.11. The van der Waals surface area contributed by atoms with Gasteiger partial charge in [0.2, 0.25) is 0 Å². The van der Waals surface area contributed by atoms with Crippen LogP contribution in [0.1, 0.15) is 49.4 Å². The average Bonchev–Trinajstić information content (AvgIpc) is 3.22. The van der Waals surface area contributed by atoms with E-state index in [0.717, 1.165) is 63.8 Å². The van der Waals surface area contributed by atoms with Gasteiger partial charge in [-0.1, -0.05) is 6.07 Å². The van der Waals surface area contributed by atoms with E-state index in [1.165, 1.54) is 25.8 Å². The van der Waals surface area contributed by atoms with Crippen molar-refractivity contribution in [3.8, 4) is 0 Å². The molecule has 1 aromatic carbocycles. The Balaban J connectivity index is 1.20. The molecule has 160 valence electrons. The summed E-state index contributed by atoms with van der Waals surface area (Å²) >= 11 is 0. The highest BCUT2D eigenvalue weighted by Gasteiger charge is 2.40. The molecule has 1 aliphatic carbocycles. The Hall–Kier alpha value is -1.63. The van der Waals surface area contributed by atoms with Gasteiger partial charge in [0.25, 0.3) is 0 Å². The lowest BCUT2D eigenvalue weighted by Gasteiger charge is -2.38. The Kier molecular flexibility index (Phi) is 6.73. The maximum atomic E-state index is 12.0. The molecule has 2 saturated heterocycles. The second-order valence-electron chi connectivity index (χ2n) is 8.44. The molecular formula is C23H34N2O4. The molecule has 4 rings (SSSR count). The minimum absolute atomic E-state index is 0.236. The topological polar surface area (TPSA) is 51.2 Å². The van der Waals surface area contributed by atoms with Crippen molar-refractivity contribution in [2.45, 2.75) is 44.8 Å². The van der Waals surface area contributed by atoms with Gasteiger partial charge in [-0.25, -0.2) is 4.79 Å². The van der Waals surface area contributed by atoms with E-state index < -0.39 is 0 Å². The van der Waals surface area contributed by atoms with Crippen LogP contribution in [-0.4, -0.2) is 69.2 Å². The summed E-state index contributed by atoms with van der Waals surface area (Å²) in [5.74, 6) is 0.323. The number of rotatable bonds is 6. The predicted octanol–water partition coefficient (Wildman–Crippen LogP) is 3.31. The average molecular weight is 403 g/mol. The van der Waals surface area contributed by atoms with Gasteiger partial charge in [0.05, 0.1) is 25.4 Å². The standard InChI is InChI=1S/C23H34N2O4/c1-2-27-22(26)20-4-3-5-21(18-20)25-14-12-24(13-15-25)11-8-19-6-9-23(10-7-19)28-16-17-29-23/h3-5,18-19H,2,6-17H2,1H3. The lowest BCUT2D eigenvalue weighted by Crippen LogP contribution is -2.47. The quantitative estimate of drug-likeness (QED) is 0.681. The Morgan fingerprint density at radius 1 is 1.14 bits per heavy atom. The third-order valence-electron chi connectivity index (χ3n) is 6.63. The molecule has 1 aromatic rings. The number of ether oxygens (including phenoxy) is 3. The molecular weight excluding hydrogens is 368 g/mol. The van der Waals surface area contributed by atoms with Crippen LogP contribution in [-0.2, 0) is 14.2 Å². The van der Waals surface area contributed by atoms with Crippen molar-refractivity contribution in [2.24, 2.45) is 5.92 Å². The molecule has 0 N–H and O–H groups in total. The number of carbonyl (C=O) groups excluding carboxylic acids is 1. The van der Waals surface area contributed by atoms with E-state index in [2.05, 4.69) is 15.9 Å². The number of benzene rings is 1. The molecule has 0 amide bonds. The van der Waals surface area contributed by atoms with Gasteiger partial charge in [0.15, 0.2) is 5.79 Å². The van der Waals surface area contributed by atoms with Gasteiger partial charge in [-0.05, 0) is 56.8 Å². The summed E-state index contributed by atoms with van der Waals surface area (Å²) in [7, 11) is 0. The van der Waals surface area contributed by atoms with Crippen LogP contribution < -0.4 is 4.90 Å². The molecule has 1 spiro atoms. The highest BCUT2D eigenvalue weighted by Crippen LogP contribution is 2.39. The van der Waals surface area contributed by atoms with Crippen LogP contribution in [0.15, 0.2) is 24.3 Å². The van der Waals surface area contributed by atoms with Crippen molar-refractivity contribution >= 4 is 11.7 Å². The predicted molar refractivity (Wildman–Crippen MR) is 112 cm³/mol. The zero-order valence-corrected chi connectivity index (χ0v) is 17.6. The van der Waals surface area contributed by atoms with Crippen molar-refractivity contribution in [3.05, 3.63) is 29.8 Å². The Bertz CT molecular complexity index is 671. The molecule has 29 heavy (non-hydrogen) atoms. The molecule has 0 unspecified atom stereocenters. The molecule has 2 heterocycles. The van der Waals surface area contributed by atoms with Crippen molar-refractivity contribution < 1.29 is 19.0 Å². The molecule has 3 aliphatic rings. The molecule has 6 heteroatoms. The fourth-order valence-corrected chi connectivity index (χ4v) is 4.83. The van der Waals surface area contributed by atoms with Gasteiger partial charge in [0.1, 0.15) is 0 Å². The van der Waals surface area contributed by atoms with Gasteiger partial charge < -0.3 is 19.1 Å². The van der Waals surface area contributed by atoms with Gasteiger partial charge in [-0.2, -0.15) is 0 Å². The van der Waals surface area contributed by atoms with E-state index in [0.29, 0.717) is 12.2 Å². The first kappa shape index (κ1) is 20.6. The Morgan fingerprint density at radius 3 is 2.55 bits per heavy atom. The van der Waals surface area contributed by atoms with Crippen molar-refractivity contribution in [1.29, 1.82) is 0 Å². The second kappa shape index (κ2) is 9.45. The molecule has 3 fully saturated rings. The smallest absolute Gasteiger partial charge is 0.338 e. The van der Waals surface area contributed by atoms with Crippen molar-refractivity contribution in [1.82, 2.24) is 4.90 Å². The molecule has 2 aliphatic heterocycles. The van der Waals surface area contributed by atoms with Crippen LogP contribution >= 0.6 is 0 Å². The Morgan fingerprint density at radius 2 is 1.86 bits per heavy atom. The first-order valence-electron chi connectivity index (χ1n) is 11.2. The van der Waals surface area contributed by atoms with Crippen LogP contribution in [0.4, 0.5) is 5.69 Å². The van der Waals surface area contributed by atoms with Gasteiger partial charge in [0, 0.05) is 44.7 Å². The summed E-state index contributed by atoms with van der Waals surface area (Å²) in [6.45, 7) is 9.10. The van der Waals surface area contributed by atoms with E-state index in [1.54, 1.807) is 0 Å². The van der Waals surface area contributed by atoms with E-state index in [4.69, 9.17) is 14.2 Å². The first-order valence-corrected chi connectivity index (χ1v) is 11.2. The third-order valence-corrected chi connectivity index (χ3v) is 6.63. The lowest BCUT2D eigenvalue weighted by molar-refractivity contribution is -0.182. The minimum atomic E-state index is -0.240. The van der Waals surface area contributed by atoms with Crippen LogP contribution in [0.25, 0.3) is 0 Å². The number of esters is 1. The number of piperazine rings is 1. The lowest BCUT2D eigenvalue weighted by atomic mass is 9.83. The van der Waals surface area contributed by atoms with E-state index in [9.17, 15) is 4.79 Å². The number of anilines is 1. The summed E-state index contributed by atoms with van der Waals surface area (Å²) in [4.78, 5) is 16.9. The summed E-state index contributed by atoms with van der Waals surface area (Å²) in [6.07, 6.45) is 5.83. The number of hydrogen-bond donors (Lipinski definition) is 0. The second-order valence-corrected chi connectivity index (χ2v) is 8.44. The molecule has 0 bridgehead atoms. The highest BCUT2D eigenvalue weighted by atomic mass is 16.7. The zero-order valence-electron chi connectivity index (χ0n) is 17.6.